The van der Waals surface area contributed by atoms with Crippen LogP contribution in [0.1, 0.15) is 89.9 Å². The van der Waals surface area contributed by atoms with E-state index < -0.39 is 0 Å². The zero-order chi connectivity index (χ0) is 18.8. The molecule has 6 unspecified atom stereocenters. The Bertz CT molecular complexity index is 363. The van der Waals surface area contributed by atoms with Crippen LogP contribution in [0.4, 0.5) is 0 Å². The Morgan fingerprint density at radius 2 is 0.897 bits per heavy atom. The third kappa shape index (κ3) is 9.41. The van der Waals surface area contributed by atoms with Crippen molar-refractivity contribution < 1.29 is 26.2 Å². The second-order valence-electron chi connectivity index (χ2n) is 9.25. The SMILES string of the molecule is C1CCC2C(C1)CCC2CCC1CCC2CCCCC21.C=C[CH2-].C=C[CH2-].[CH3-].[CH3-].[Zr+4]. The van der Waals surface area contributed by atoms with E-state index in [1.807, 2.05) is 0 Å². The van der Waals surface area contributed by atoms with Crippen molar-refractivity contribution in [1.82, 2.24) is 0 Å². The zero-order valence-electron chi connectivity index (χ0n) is 19.8. The molecule has 4 aliphatic rings. The van der Waals surface area contributed by atoms with Crippen LogP contribution in [0.15, 0.2) is 25.3 Å². The Kier molecular flexibility index (Phi) is 19.2. The van der Waals surface area contributed by atoms with Gasteiger partial charge in [-0.05, 0) is 86.9 Å². The van der Waals surface area contributed by atoms with E-state index in [1.54, 1.807) is 89.9 Å². The van der Waals surface area contributed by atoms with Crippen molar-refractivity contribution >= 4 is 0 Å². The van der Waals surface area contributed by atoms with E-state index in [0.29, 0.717) is 0 Å². The summed E-state index contributed by atoms with van der Waals surface area (Å²) < 4.78 is 0. The molecule has 4 rings (SSSR count). The van der Waals surface area contributed by atoms with Gasteiger partial charge in [-0.2, -0.15) is 0 Å². The third-order valence-electron chi connectivity index (χ3n) is 7.87. The Labute approximate surface area is 204 Å². The number of rotatable bonds is 3. The smallest absolute Gasteiger partial charge is 0.358 e. The van der Waals surface area contributed by atoms with Gasteiger partial charge in [0.15, 0.2) is 0 Å². The molecule has 166 valence electrons. The summed E-state index contributed by atoms with van der Waals surface area (Å²) in [5.41, 5.74) is 0. The molecule has 0 saturated heterocycles. The van der Waals surface area contributed by atoms with Crippen molar-refractivity contribution in [2.24, 2.45) is 35.5 Å². The van der Waals surface area contributed by atoms with Gasteiger partial charge in [-0.15, -0.1) is 0 Å². The van der Waals surface area contributed by atoms with Gasteiger partial charge < -0.3 is 14.9 Å². The molecule has 0 aromatic carbocycles. The summed E-state index contributed by atoms with van der Waals surface area (Å²) in [6, 6.07) is 0. The fourth-order valence-electron chi connectivity index (χ4n) is 6.86. The zero-order valence-corrected chi connectivity index (χ0v) is 22.3. The van der Waals surface area contributed by atoms with Gasteiger partial charge in [-0.25, -0.2) is 39.2 Å². The molecule has 1 heteroatoms. The van der Waals surface area contributed by atoms with Crippen molar-refractivity contribution in [2.75, 3.05) is 0 Å². The van der Waals surface area contributed by atoms with Crippen molar-refractivity contribution in [1.29, 1.82) is 0 Å². The number of hydrogen-bond acceptors (Lipinski definition) is 0. The first-order valence-electron chi connectivity index (χ1n) is 11.5. The van der Waals surface area contributed by atoms with Crippen molar-refractivity contribution in [2.45, 2.75) is 89.9 Å². The van der Waals surface area contributed by atoms with E-state index in [9.17, 15) is 0 Å². The summed E-state index contributed by atoms with van der Waals surface area (Å²) in [5, 5.41) is 0. The first-order chi connectivity index (χ1) is 12.7. The standard InChI is InChI=1S/C20H34.2C3H5.2CH3.Zr/c1-3-7-19-15(5-1)9-11-17(19)13-14-18-12-10-16-6-2-4-8-20(16)18;2*1-3-2;;;/h15-20H,1-14H2;2*3H,1-2H2;2*1H3;/q;4*-1;+4. The Morgan fingerprint density at radius 3 is 1.24 bits per heavy atom. The Hall–Kier alpha value is 0.103. The van der Waals surface area contributed by atoms with Crippen LogP contribution < -0.4 is 0 Å². The van der Waals surface area contributed by atoms with Crippen LogP contribution in [0, 0.1) is 64.2 Å². The largest absolute Gasteiger partial charge is 4.00 e. The van der Waals surface area contributed by atoms with Gasteiger partial charge in [-0.1, -0.05) is 38.5 Å². The molecular formula is C28H50Zr. The fourth-order valence-corrected chi connectivity index (χ4v) is 6.86. The molecule has 29 heavy (non-hydrogen) atoms. The van der Waals surface area contributed by atoms with Gasteiger partial charge >= 0.3 is 26.2 Å². The molecular weight excluding hydrogens is 428 g/mol. The van der Waals surface area contributed by atoms with E-state index in [-0.39, 0.29) is 41.1 Å². The molecule has 4 aliphatic carbocycles. The molecule has 0 aliphatic heterocycles. The van der Waals surface area contributed by atoms with Gasteiger partial charge in [0, 0.05) is 0 Å². The quantitative estimate of drug-likeness (QED) is 0.355. The summed E-state index contributed by atoms with van der Waals surface area (Å²) in [7, 11) is 0. The topological polar surface area (TPSA) is 0 Å². The summed E-state index contributed by atoms with van der Waals surface area (Å²) in [6.07, 6.45) is 25.1. The summed E-state index contributed by atoms with van der Waals surface area (Å²) in [4.78, 5) is 0. The molecule has 0 heterocycles. The summed E-state index contributed by atoms with van der Waals surface area (Å²) >= 11 is 0. The van der Waals surface area contributed by atoms with Crippen LogP contribution in [0.5, 0.6) is 0 Å². The van der Waals surface area contributed by atoms with Crippen LogP contribution in [0.2, 0.25) is 0 Å². The molecule has 0 nitrogen and oxygen atoms in total. The Balaban J connectivity index is 0. The molecule has 0 bridgehead atoms. The Morgan fingerprint density at radius 1 is 0.586 bits per heavy atom. The maximum atomic E-state index is 3.25. The molecule has 0 amide bonds. The van der Waals surface area contributed by atoms with Gasteiger partial charge in [0.2, 0.25) is 0 Å². The van der Waals surface area contributed by atoms with Gasteiger partial charge in [0.1, 0.15) is 0 Å². The van der Waals surface area contributed by atoms with Gasteiger partial charge in [0.25, 0.3) is 0 Å². The molecule has 0 aromatic rings. The molecule has 0 spiro atoms. The van der Waals surface area contributed by atoms with Crippen LogP contribution in [-0.4, -0.2) is 0 Å². The molecule has 0 radical (unpaired) electrons. The predicted octanol–water partition coefficient (Wildman–Crippen LogP) is 9.11. The summed E-state index contributed by atoms with van der Waals surface area (Å²) in [5.74, 6) is 6.91. The third-order valence-corrected chi connectivity index (χ3v) is 7.87. The van der Waals surface area contributed by atoms with Crippen LogP contribution >= 0.6 is 0 Å². The van der Waals surface area contributed by atoms with Crippen LogP contribution in [0.25, 0.3) is 0 Å². The van der Waals surface area contributed by atoms with E-state index in [0.717, 1.165) is 35.5 Å². The first kappa shape index (κ1) is 31.3. The average Bonchev–Trinajstić information content (AvgIpc) is 3.25. The van der Waals surface area contributed by atoms with E-state index >= 15 is 0 Å². The maximum absolute atomic E-state index is 3.25. The van der Waals surface area contributed by atoms with Crippen molar-refractivity contribution in [3.63, 3.8) is 0 Å². The van der Waals surface area contributed by atoms with E-state index in [1.165, 1.54) is 12.2 Å². The monoisotopic (exact) mass is 476 g/mol. The minimum Gasteiger partial charge on any atom is -0.358 e. The first-order valence-corrected chi connectivity index (χ1v) is 11.5. The minimum absolute atomic E-state index is 0. The second-order valence-corrected chi connectivity index (χ2v) is 9.25. The molecule has 0 aromatic heterocycles. The molecule has 4 fully saturated rings. The van der Waals surface area contributed by atoms with Crippen LogP contribution in [-0.2, 0) is 26.2 Å². The van der Waals surface area contributed by atoms with Gasteiger partial charge in [0.05, 0.1) is 0 Å². The van der Waals surface area contributed by atoms with E-state index in [4.69, 9.17) is 0 Å². The normalized spacial score (nSPS) is 33.9. The minimum atomic E-state index is 0. The number of allylic oxidation sites excluding steroid dienone is 2. The number of fused-ring (bicyclic) bond motifs is 2. The predicted molar refractivity (Wildman–Crippen MR) is 130 cm³/mol. The fraction of sp³-hybridized carbons (Fsp3) is 0.714. The second kappa shape index (κ2) is 17.8. The molecule has 6 atom stereocenters. The van der Waals surface area contributed by atoms with Crippen LogP contribution in [0.3, 0.4) is 0 Å². The average molecular weight is 478 g/mol. The van der Waals surface area contributed by atoms with E-state index in [2.05, 4.69) is 27.0 Å². The molecule has 0 N–H and O–H groups in total. The molecule has 4 saturated carbocycles. The number of hydrogen-bond donors (Lipinski definition) is 0. The maximum Gasteiger partial charge on any atom is 4.00 e. The van der Waals surface area contributed by atoms with Gasteiger partial charge in [-0.3, -0.25) is 0 Å². The summed E-state index contributed by atoms with van der Waals surface area (Å²) in [6.45, 7) is 13.0. The van der Waals surface area contributed by atoms with Crippen molar-refractivity contribution in [3.05, 3.63) is 54.0 Å². The van der Waals surface area contributed by atoms with Crippen molar-refractivity contribution in [3.8, 4) is 0 Å².